The number of hydrogen-bond donors (Lipinski definition) is 1. The molecule has 1 heterocycles. The van der Waals surface area contributed by atoms with E-state index in [0.717, 1.165) is 29.0 Å². The van der Waals surface area contributed by atoms with E-state index in [1.807, 2.05) is 31.2 Å². The van der Waals surface area contributed by atoms with Crippen LogP contribution in [0.1, 0.15) is 36.3 Å². The zero-order chi connectivity index (χ0) is 15.4. The molecule has 1 N–H and O–H groups in total. The van der Waals surface area contributed by atoms with Crippen molar-refractivity contribution >= 4 is 11.6 Å². The predicted molar refractivity (Wildman–Crippen MR) is 83.8 cm³/mol. The molecule has 5 heteroatoms. The summed E-state index contributed by atoms with van der Waals surface area (Å²) in [5.41, 5.74) is 2.58. The molecule has 1 aromatic heterocycles. The smallest absolute Gasteiger partial charge is 0.130 e. The highest BCUT2D eigenvalue weighted by atomic mass is 35.5. The number of rotatable bonds is 6. The van der Waals surface area contributed by atoms with Crippen LogP contribution in [0, 0.1) is 6.92 Å². The van der Waals surface area contributed by atoms with E-state index < -0.39 is 6.10 Å². The predicted octanol–water partition coefficient (Wildman–Crippen LogP) is 3.45. The zero-order valence-electron chi connectivity index (χ0n) is 12.6. The van der Waals surface area contributed by atoms with Crippen LogP contribution < -0.4 is 4.74 Å². The number of benzene rings is 1. The van der Waals surface area contributed by atoms with E-state index in [9.17, 15) is 5.11 Å². The first kappa shape index (κ1) is 15.9. The van der Waals surface area contributed by atoms with Crippen molar-refractivity contribution in [3.05, 3.63) is 46.2 Å². The molecule has 0 aliphatic rings. The van der Waals surface area contributed by atoms with Crippen LogP contribution in [0.25, 0.3) is 0 Å². The second-order valence-electron chi connectivity index (χ2n) is 5.12. The normalized spacial score (nSPS) is 12.4. The van der Waals surface area contributed by atoms with Gasteiger partial charge in [-0.15, -0.1) is 0 Å². The van der Waals surface area contributed by atoms with Crippen molar-refractivity contribution in [2.45, 2.75) is 32.8 Å². The molecule has 0 fully saturated rings. The molecule has 0 radical (unpaired) electrons. The Balaban J connectivity index is 2.07. The van der Waals surface area contributed by atoms with E-state index >= 15 is 0 Å². The lowest BCUT2D eigenvalue weighted by atomic mass is 10.0. The van der Waals surface area contributed by atoms with Crippen LogP contribution in [0.5, 0.6) is 5.75 Å². The third-order valence-electron chi connectivity index (χ3n) is 3.41. The highest BCUT2D eigenvalue weighted by Crippen LogP contribution is 2.26. The highest BCUT2D eigenvalue weighted by Gasteiger charge is 2.16. The Kier molecular flexibility index (Phi) is 5.26. The number of aryl methyl sites for hydroxylation is 2. The molecular formula is C16H21ClN2O2. The van der Waals surface area contributed by atoms with Gasteiger partial charge in [0, 0.05) is 19.0 Å². The van der Waals surface area contributed by atoms with E-state index in [1.165, 1.54) is 0 Å². The monoisotopic (exact) mass is 308 g/mol. The van der Waals surface area contributed by atoms with Gasteiger partial charge >= 0.3 is 0 Å². The Morgan fingerprint density at radius 2 is 2.00 bits per heavy atom. The van der Waals surface area contributed by atoms with Gasteiger partial charge in [0.25, 0.3) is 0 Å². The molecule has 0 aliphatic carbocycles. The fraction of sp³-hybridized carbons (Fsp3) is 0.438. The number of aliphatic hydroxyl groups is 1. The van der Waals surface area contributed by atoms with Crippen molar-refractivity contribution in [2.75, 3.05) is 6.61 Å². The molecule has 0 saturated carbocycles. The molecule has 0 amide bonds. The van der Waals surface area contributed by atoms with E-state index in [0.29, 0.717) is 18.2 Å². The lowest BCUT2D eigenvalue weighted by Crippen LogP contribution is -2.03. The number of aliphatic hydroxyl groups excluding tert-OH is 1. The van der Waals surface area contributed by atoms with Gasteiger partial charge < -0.3 is 9.84 Å². The Bertz CT molecular complexity index is 593. The molecule has 0 bridgehead atoms. The van der Waals surface area contributed by atoms with Crippen LogP contribution in [0.2, 0.25) is 5.15 Å². The van der Waals surface area contributed by atoms with Gasteiger partial charge in [-0.2, -0.15) is 5.10 Å². The summed E-state index contributed by atoms with van der Waals surface area (Å²) in [5, 5.41) is 15.2. The van der Waals surface area contributed by atoms with Crippen molar-refractivity contribution in [1.29, 1.82) is 0 Å². The molecule has 1 unspecified atom stereocenters. The zero-order valence-corrected chi connectivity index (χ0v) is 13.4. The largest absolute Gasteiger partial charge is 0.494 e. The van der Waals surface area contributed by atoms with E-state index in [2.05, 4.69) is 12.0 Å². The topological polar surface area (TPSA) is 47.3 Å². The van der Waals surface area contributed by atoms with Gasteiger partial charge in [0.15, 0.2) is 0 Å². The minimum absolute atomic E-state index is 0.452. The Labute approximate surface area is 130 Å². The molecule has 0 saturated heterocycles. The third-order valence-corrected chi connectivity index (χ3v) is 3.88. The first-order valence-electron chi connectivity index (χ1n) is 7.11. The summed E-state index contributed by atoms with van der Waals surface area (Å²) in [4.78, 5) is 0. The number of halogens is 1. The van der Waals surface area contributed by atoms with Crippen molar-refractivity contribution in [3.63, 3.8) is 0 Å². The molecule has 1 atom stereocenters. The minimum Gasteiger partial charge on any atom is -0.494 e. The van der Waals surface area contributed by atoms with Crippen molar-refractivity contribution < 1.29 is 9.84 Å². The van der Waals surface area contributed by atoms with Crippen molar-refractivity contribution in [1.82, 2.24) is 9.78 Å². The molecule has 2 rings (SSSR count). The molecule has 1 aromatic carbocycles. The van der Waals surface area contributed by atoms with Crippen LogP contribution >= 0.6 is 11.6 Å². The first-order valence-corrected chi connectivity index (χ1v) is 7.49. The highest BCUT2D eigenvalue weighted by molar-refractivity contribution is 6.30. The summed E-state index contributed by atoms with van der Waals surface area (Å²) in [6.07, 6.45) is 0.822. The summed E-state index contributed by atoms with van der Waals surface area (Å²) in [7, 11) is 1.80. The summed E-state index contributed by atoms with van der Waals surface area (Å²) in [6.45, 7) is 4.67. The van der Waals surface area contributed by atoms with Crippen molar-refractivity contribution in [3.8, 4) is 5.75 Å². The van der Waals surface area contributed by atoms with Gasteiger partial charge in [0.1, 0.15) is 10.9 Å². The molecule has 0 aliphatic heterocycles. The van der Waals surface area contributed by atoms with E-state index in [-0.39, 0.29) is 0 Å². The van der Waals surface area contributed by atoms with Gasteiger partial charge in [-0.3, -0.25) is 4.68 Å². The van der Waals surface area contributed by atoms with E-state index in [4.69, 9.17) is 16.3 Å². The lowest BCUT2D eigenvalue weighted by Gasteiger charge is -2.12. The maximum Gasteiger partial charge on any atom is 0.130 e. The molecule has 0 spiro atoms. The molecule has 21 heavy (non-hydrogen) atoms. The maximum atomic E-state index is 10.4. The Hall–Kier alpha value is -1.52. The SMILES string of the molecule is CCCOc1ccc(C(O)Cc2c(C)nn(C)c2Cl)cc1. The standard InChI is InChI=1S/C16H21ClN2O2/c1-4-9-21-13-7-5-12(6-8-13)15(20)10-14-11(2)18-19(3)16(14)17/h5-8,15,20H,4,9-10H2,1-3H3. The van der Waals surface area contributed by atoms with Gasteiger partial charge in [-0.1, -0.05) is 30.7 Å². The second-order valence-corrected chi connectivity index (χ2v) is 5.47. The number of nitrogens with zero attached hydrogens (tertiary/aromatic N) is 2. The van der Waals surface area contributed by atoms with Crippen LogP contribution in [-0.2, 0) is 13.5 Å². The average Bonchev–Trinajstić information content (AvgIpc) is 2.72. The average molecular weight is 309 g/mol. The quantitative estimate of drug-likeness (QED) is 0.889. The number of aromatic nitrogens is 2. The fourth-order valence-corrected chi connectivity index (χ4v) is 2.47. The number of hydrogen-bond acceptors (Lipinski definition) is 3. The van der Waals surface area contributed by atoms with Crippen molar-refractivity contribution in [2.24, 2.45) is 7.05 Å². The lowest BCUT2D eigenvalue weighted by molar-refractivity contribution is 0.178. The fourth-order valence-electron chi connectivity index (χ4n) is 2.22. The summed E-state index contributed by atoms with van der Waals surface area (Å²) in [5.74, 6) is 0.823. The van der Waals surface area contributed by atoms with Gasteiger partial charge in [0.2, 0.25) is 0 Å². The van der Waals surface area contributed by atoms with Crippen LogP contribution in [0.4, 0.5) is 0 Å². The minimum atomic E-state index is -0.606. The first-order chi connectivity index (χ1) is 10.0. The van der Waals surface area contributed by atoms with Gasteiger partial charge in [0.05, 0.1) is 18.4 Å². The van der Waals surface area contributed by atoms with Crippen LogP contribution in [0.15, 0.2) is 24.3 Å². The summed E-state index contributed by atoms with van der Waals surface area (Å²) in [6, 6.07) is 7.53. The van der Waals surface area contributed by atoms with Crippen LogP contribution in [-0.4, -0.2) is 21.5 Å². The second kappa shape index (κ2) is 6.96. The molecule has 114 valence electrons. The number of ether oxygens (including phenoxy) is 1. The molecular weight excluding hydrogens is 288 g/mol. The summed E-state index contributed by atoms with van der Waals surface area (Å²) < 4.78 is 7.16. The summed E-state index contributed by atoms with van der Waals surface area (Å²) >= 11 is 6.20. The Morgan fingerprint density at radius 1 is 1.33 bits per heavy atom. The van der Waals surface area contributed by atoms with Gasteiger partial charge in [-0.05, 0) is 31.0 Å². The van der Waals surface area contributed by atoms with Crippen LogP contribution in [0.3, 0.4) is 0 Å². The third kappa shape index (κ3) is 3.77. The van der Waals surface area contributed by atoms with E-state index in [1.54, 1.807) is 11.7 Å². The van der Waals surface area contributed by atoms with Gasteiger partial charge in [-0.25, -0.2) is 0 Å². The maximum absolute atomic E-state index is 10.4. The Morgan fingerprint density at radius 3 is 2.52 bits per heavy atom. The molecule has 4 nitrogen and oxygen atoms in total. The molecule has 2 aromatic rings.